The van der Waals surface area contributed by atoms with Crippen LogP contribution in [0.4, 0.5) is 4.79 Å². The number of carbonyl (C=O) groups excluding carboxylic acids is 1. The smallest absolute Gasteiger partial charge is 0.317 e. The number of nitrogens with one attached hydrogen (secondary N) is 1. The quantitative estimate of drug-likeness (QED) is 0.812. The molecule has 0 radical (unpaired) electrons. The molecule has 1 aromatic rings. The van der Waals surface area contributed by atoms with Gasteiger partial charge in [-0.25, -0.2) is 4.79 Å². The van der Waals surface area contributed by atoms with E-state index in [0.29, 0.717) is 6.54 Å². The molecule has 2 rings (SSSR count). The second-order valence-electron chi connectivity index (χ2n) is 4.19. The van der Waals surface area contributed by atoms with Gasteiger partial charge in [-0.3, -0.25) is 4.98 Å². The molecule has 1 aromatic heterocycles. The van der Waals surface area contributed by atoms with Gasteiger partial charge in [-0.2, -0.15) is 0 Å². The Labute approximate surface area is 100 Å². The van der Waals surface area contributed by atoms with Crippen LogP contribution >= 0.6 is 0 Å². The third kappa shape index (κ3) is 2.94. The summed E-state index contributed by atoms with van der Waals surface area (Å²) < 4.78 is 0. The highest BCUT2D eigenvalue weighted by atomic mass is 16.3. The molecule has 0 aliphatic carbocycles. The van der Waals surface area contributed by atoms with Crippen LogP contribution in [0, 0.1) is 0 Å². The van der Waals surface area contributed by atoms with Gasteiger partial charge in [0.25, 0.3) is 0 Å². The van der Waals surface area contributed by atoms with Gasteiger partial charge < -0.3 is 15.3 Å². The zero-order valence-corrected chi connectivity index (χ0v) is 9.67. The van der Waals surface area contributed by atoms with Gasteiger partial charge in [0.1, 0.15) is 0 Å². The Morgan fingerprint density at radius 3 is 3.24 bits per heavy atom. The highest BCUT2D eigenvalue weighted by molar-refractivity contribution is 5.74. The number of aliphatic hydroxyl groups is 1. The molecule has 2 N–H and O–H groups in total. The summed E-state index contributed by atoms with van der Waals surface area (Å²) in [5, 5.41) is 12.0. The topological polar surface area (TPSA) is 65.5 Å². The molecule has 1 fully saturated rings. The second-order valence-corrected chi connectivity index (χ2v) is 4.19. The van der Waals surface area contributed by atoms with E-state index in [-0.39, 0.29) is 18.7 Å². The van der Waals surface area contributed by atoms with Crippen LogP contribution in [0.5, 0.6) is 0 Å². The molecule has 92 valence electrons. The highest BCUT2D eigenvalue weighted by Gasteiger charge is 2.27. The zero-order valence-electron chi connectivity index (χ0n) is 9.67. The molecule has 5 heteroatoms. The lowest BCUT2D eigenvalue weighted by Crippen LogP contribution is -2.43. The summed E-state index contributed by atoms with van der Waals surface area (Å²) in [4.78, 5) is 17.6. The molecule has 1 saturated heterocycles. The van der Waals surface area contributed by atoms with Crippen LogP contribution in [0.15, 0.2) is 24.5 Å². The van der Waals surface area contributed by atoms with E-state index in [0.717, 1.165) is 24.9 Å². The van der Waals surface area contributed by atoms with Crippen LogP contribution < -0.4 is 5.32 Å². The minimum atomic E-state index is -0.106. The van der Waals surface area contributed by atoms with Crippen LogP contribution in [0.25, 0.3) is 0 Å². The molecule has 1 aliphatic heterocycles. The number of rotatable bonds is 3. The maximum absolute atomic E-state index is 11.9. The molecular formula is C12H17N3O2. The van der Waals surface area contributed by atoms with E-state index in [2.05, 4.69) is 10.3 Å². The number of hydrogen-bond donors (Lipinski definition) is 2. The fraction of sp³-hybridized carbons (Fsp3) is 0.500. The van der Waals surface area contributed by atoms with Crippen LogP contribution in [-0.4, -0.2) is 40.2 Å². The summed E-state index contributed by atoms with van der Waals surface area (Å²) in [6.07, 6.45) is 5.28. The lowest BCUT2D eigenvalue weighted by Gasteiger charge is -2.23. The summed E-state index contributed by atoms with van der Waals surface area (Å²) in [7, 11) is 0. The van der Waals surface area contributed by atoms with Crippen LogP contribution in [0.2, 0.25) is 0 Å². The minimum absolute atomic E-state index is 0.0242. The largest absolute Gasteiger partial charge is 0.394 e. The molecular weight excluding hydrogens is 218 g/mol. The van der Waals surface area contributed by atoms with Crippen LogP contribution in [0.3, 0.4) is 0 Å². The van der Waals surface area contributed by atoms with Crippen molar-refractivity contribution in [2.45, 2.75) is 25.4 Å². The Kier molecular flexibility index (Phi) is 3.93. The van der Waals surface area contributed by atoms with E-state index < -0.39 is 0 Å². The van der Waals surface area contributed by atoms with E-state index >= 15 is 0 Å². The summed E-state index contributed by atoms with van der Waals surface area (Å²) >= 11 is 0. The van der Waals surface area contributed by atoms with Gasteiger partial charge in [0.2, 0.25) is 0 Å². The van der Waals surface area contributed by atoms with E-state index in [1.807, 2.05) is 12.1 Å². The predicted molar refractivity (Wildman–Crippen MR) is 63.3 cm³/mol. The van der Waals surface area contributed by atoms with Crippen molar-refractivity contribution in [2.24, 2.45) is 0 Å². The van der Waals surface area contributed by atoms with Gasteiger partial charge in [-0.05, 0) is 24.5 Å². The number of nitrogens with zero attached hydrogens (tertiary/aromatic N) is 2. The maximum Gasteiger partial charge on any atom is 0.317 e. The number of urea groups is 1. The summed E-state index contributed by atoms with van der Waals surface area (Å²) in [6.45, 7) is 1.24. The van der Waals surface area contributed by atoms with Gasteiger partial charge in [-0.15, -0.1) is 0 Å². The Hall–Kier alpha value is -1.62. The van der Waals surface area contributed by atoms with Gasteiger partial charge in [-0.1, -0.05) is 6.07 Å². The van der Waals surface area contributed by atoms with Crippen molar-refractivity contribution in [1.29, 1.82) is 0 Å². The number of likely N-dealkylation sites (tertiary alicyclic amines) is 1. The summed E-state index contributed by atoms with van der Waals surface area (Å²) in [5.41, 5.74) is 0.973. The number of hydrogen-bond acceptors (Lipinski definition) is 3. The zero-order chi connectivity index (χ0) is 12.1. The average molecular weight is 235 g/mol. The third-order valence-corrected chi connectivity index (χ3v) is 3.02. The number of carbonyl (C=O) groups is 1. The van der Waals surface area contributed by atoms with Gasteiger partial charge in [0.05, 0.1) is 12.6 Å². The fourth-order valence-electron chi connectivity index (χ4n) is 2.07. The first-order chi connectivity index (χ1) is 8.31. The Morgan fingerprint density at radius 2 is 2.53 bits per heavy atom. The number of amides is 2. The number of pyridine rings is 1. The summed E-state index contributed by atoms with van der Waals surface area (Å²) in [5.74, 6) is 0. The first-order valence-electron chi connectivity index (χ1n) is 5.85. The van der Waals surface area contributed by atoms with Crippen molar-refractivity contribution >= 4 is 6.03 Å². The monoisotopic (exact) mass is 235 g/mol. The predicted octanol–water partition coefficient (Wildman–Crippen LogP) is 0.748. The molecule has 1 atom stereocenters. The fourth-order valence-corrected chi connectivity index (χ4v) is 2.07. The molecule has 0 bridgehead atoms. The molecule has 0 saturated carbocycles. The van der Waals surface area contributed by atoms with Gasteiger partial charge in [0.15, 0.2) is 0 Å². The van der Waals surface area contributed by atoms with Crippen LogP contribution in [-0.2, 0) is 6.54 Å². The van der Waals surface area contributed by atoms with Crippen molar-refractivity contribution in [1.82, 2.24) is 15.2 Å². The molecule has 1 aliphatic rings. The van der Waals surface area contributed by atoms with E-state index in [1.165, 1.54) is 0 Å². The van der Waals surface area contributed by atoms with Gasteiger partial charge >= 0.3 is 6.03 Å². The molecule has 0 spiro atoms. The minimum Gasteiger partial charge on any atom is -0.394 e. The first kappa shape index (κ1) is 11.9. The van der Waals surface area contributed by atoms with Crippen molar-refractivity contribution in [3.05, 3.63) is 30.1 Å². The van der Waals surface area contributed by atoms with E-state index in [1.54, 1.807) is 17.3 Å². The lowest BCUT2D eigenvalue weighted by atomic mass is 10.2. The standard InChI is InChI=1S/C12H17N3O2/c16-9-11-4-2-6-15(11)12(17)14-8-10-3-1-5-13-7-10/h1,3,5,7,11,16H,2,4,6,8-9H2,(H,14,17)/t11-/m0/s1. The molecule has 5 nitrogen and oxygen atoms in total. The SMILES string of the molecule is O=C(NCc1cccnc1)N1CCC[C@H]1CO. The molecule has 0 aromatic carbocycles. The Morgan fingerprint density at radius 1 is 1.65 bits per heavy atom. The van der Waals surface area contributed by atoms with E-state index in [9.17, 15) is 4.79 Å². The van der Waals surface area contributed by atoms with E-state index in [4.69, 9.17) is 5.11 Å². The normalized spacial score (nSPS) is 19.4. The van der Waals surface area contributed by atoms with Crippen LogP contribution in [0.1, 0.15) is 18.4 Å². The highest BCUT2D eigenvalue weighted by Crippen LogP contribution is 2.16. The molecule has 17 heavy (non-hydrogen) atoms. The van der Waals surface area contributed by atoms with Gasteiger partial charge in [0, 0.05) is 25.5 Å². The van der Waals surface area contributed by atoms with Crippen molar-refractivity contribution in [3.8, 4) is 0 Å². The molecule has 0 unspecified atom stereocenters. The maximum atomic E-state index is 11.9. The number of aliphatic hydroxyl groups excluding tert-OH is 1. The third-order valence-electron chi connectivity index (χ3n) is 3.02. The van der Waals surface area contributed by atoms with Crippen molar-refractivity contribution < 1.29 is 9.90 Å². The average Bonchev–Trinajstić information content (AvgIpc) is 2.85. The summed E-state index contributed by atoms with van der Waals surface area (Å²) in [6, 6.07) is 3.63. The van der Waals surface area contributed by atoms with Crippen molar-refractivity contribution in [3.63, 3.8) is 0 Å². The lowest BCUT2D eigenvalue weighted by molar-refractivity contribution is 0.157. The Bertz CT molecular complexity index is 369. The molecule has 2 heterocycles. The first-order valence-corrected chi connectivity index (χ1v) is 5.85. The Balaban J connectivity index is 1.85. The van der Waals surface area contributed by atoms with Crippen molar-refractivity contribution in [2.75, 3.05) is 13.2 Å². The second kappa shape index (κ2) is 5.63. The molecule has 2 amide bonds. The number of aromatic nitrogens is 1.